The molecule has 1 amide bonds. The van der Waals surface area contributed by atoms with Gasteiger partial charge in [0.2, 0.25) is 6.10 Å². The summed E-state index contributed by atoms with van der Waals surface area (Å²) in [5.41, 5.74) is 2.30. The lowest BCUT2D eigenvalue weighted by atomic mass is 10.1. The fourth-order valence-corrected chi connectivity index (χ4v) is 2.53. The summed E-state index contributed by atoms with van der Waals surface area (Å²) >= 11 is 0. The Morgan fingerprint density at radius 1 is 1.13 bits per heavy atom. The number of amides is 1. The number of aryl methyl sites for hydroxylation is 1. The molecule has 2 aromatic rings. The number of methoxy groups -OCH3 is 1. The molecule has 0 aromatic heterocycles. The molecule has 0 unspecified atom stereocenters. The fraction of sp³-hybridized carbons (Fsp3) is 0.222. The molecule has 3 rings (SSSR count). The minimum absolute atomic E-state index is 0.121. The Kier molecular flexibility index (Phi) is 4.02. The van der Waals surface area contributed by atoms with Gasteiger partial charge in [-0.05, 0) is 31.2 Å². The number of esters is 1. The quantitative estimate of drug-likeness (QED) is 0.800. The van der Waals surface area contributed by atoms with E-state index in [1.54, 1.807) is 35.2 Å². The topological polar surface area (TPSA) is 55.8 Å². The monoisotopic (exact) mass is 311 g/mol. The Morgan fingerprint density at radius 2 is 1.83 bits per heavy atom. The van der Waals surface area contributed by atoms with E-state index in [0.717, 1.165) is 5.56 Å². The van der Waals surface area contributed by atoms with E-state index in [9.17, 15) is 9.59 Å². The molecule has 2 aromatic carbocycles. The number of para-hydroxylation sites is 2. The number of fused-ring (bicyclic) bond motifs is 1. The lowest BCUT2D eigenvalue weighted by molar-refractivity contribution is -0.148. The zero-order valence-corrected chi connectivity index (χ0v) is 13.0. The van der Waals surface area contributed by atoms with E-state index in [1.807, 2.05) is 25.1 Å². The van der Waals surface area contributed by atoms with Crippen LogP contribution in [0.25, 0.3) is 0 Å². The number of carbonyl (C=O) groups excluding carboxylic acids is 2. The van der Waals surface area contributed by atoms with Gasteiger partial charge in [0.15, 0.2) is 0 Å². The van der Waals surface area contributed by atoms with E-state index in [-0.39, 0.29) is 12.5 Å². The van der Waals surface area contributed by atoms with Crippen molar-refractivity contribution in [3.8, 4) is 5.75 Å². The van der Waals surface area contributed by atoms with Crippen molar-refractivity contribution in [2.45, 2.75) is 13.0 Å². The third-order valence-electron chi connectivity index (χ3n) is 3.78. The van der Waals surface area contributed by atoms with Crippen LogP contribution in [0.4, 0.5) is 5.69 Å². The first-order valence-electron chi connectivity index (χ1n) is 7.32. The maximum absolute atomic E-state index is 12.8. The van der Waals surface area contributed by atoms with Crippen molar-refractivity contribution in [3.63, 3.8) is 0 Å². The van der Waals surface area contributed by atoms with Crippen LogP contribution >= 0.6 is 0 Å². The van der Waals surface area contributed by atoms with Gasteiger partial charge >= 0.3 is 5.97 Å². The molecule has 118 valence electrons. The van der Waals surface area contributed by atoms with Gasteiger partial charge in [-0.15, -0.1) is 0 Å². The van der Waals surface area contributed by atoms with Gasteiger partial charge in [0.25, 0.3) is 5.91 Å². The highest BCUT2D eigenvalue weighted by Crippen LogP contribution is 2.34. The van der Waals surface area contributed by atoms with Crippen LogP contribution in [0.1, 0.15) is 15.9 Å². The van der Waals surface area contributed by atoms with Crippen molar-refractivity contribution in [3.05, 3.63) is 59.7 Å². The first kappa shape index (κ1) is 15.1. The molecule has 0 saturated heterocycles. The van der Waals surface area contributed by atoms with Gasteiger partial charge in [0.05, 0.1) is 19.3 Å². The fourth-order valence-electron chi connectivity index (χ4n) is 2.53. The molecule has 0 fully saturated rings. The maximum atomic E-state index is 12.8. The van der Waals surface area contributed by atoms with Gasteiger partial charge in [-0.2, -0.15) is 0 Å². The van der Waals surface area contributed by atoms with E-state index in [2.05, 4.69) is 0 Å². The zero-order chi connectivity index (χ0) is 16.4. The number of hydrogen-bond donors (Lipinski definition) is 0. The van der Waals surface area contributed by atoms with Crippen molar-refractivity contribution < 1.29 is 19.1 Å². The van der Waals surface area contributed by atoms with Gasteiger partial charge in [-0.3, -0.25) is 4.79 Å². The smallest absolute Gasteiger partial charge is 0.348 e. The van der Waals surface area contributed by atoms with Crippen LogP contribution in [0.15, 0.2) is 48.5 Å². The summed E-state index contributed by atoms with van der Waals surface area (Å²) in [7, 11) is 1.30. The molecule has 5 heteroatoms. The first-order chi connectivity index (χ1) is 11.1. The summed E-state index contributed by atoms with van der Waals surface area (Å²) in [6.07, 6.45) is -0.829. The van der Waals surface area contributed by atoms with Crippen molar-refractivity contribution in [1.82, 2.24) is 0 Å². The molecule has 0 N–H and O–H groups in total. The molecule has 0 bridgehead atoms. The zero-order valence-electron chi connectivity index (χ0n) is 13.0. The van der Waals surface area contributed by atoms with Crippen LogP contribution in [0.5, 0.6) is 5.75 Å². The molecule has 0 radical (unpaired) electrons. The second kappa shape index (κ2) is 6.12. The van der Waals surface area contributed by atoms with Crippen molar-refractivity contribution in [2.24, 2.45) is 0 Å². The number of benzene rings is 2. The molecule has 1 aliphatic rings. The summed E-state index contributed by atoms with van der Waals surface area (Å²) in [4.78, 5) is 26.2. The molecule has 1 heterocycles. The van der Waals surface area contributed by atoms with Gasteiger partial charge in [-0.25, -0.2) is 4.79 Å². The number of anilines is 1. The molecule has 5 nitrogen and oxygen atoms in total. The minimum Gasteiger partial charge on any atom is -0.475 e. The third kappa shape index (κ3) is 2.90. The van der Waals surface area contributed by atoms with E-state index in [0.29, 0.717) is 17.0 Å². The largest absolute Gasteiger partial charge is 0.475 e. The summed E-state index contributed by atoms with van der Waals surface area (Å²) in [5, 5.41) is 0. The number of hydrogen-bond acceptors (Lipinski definition) is 4. The SMILES string of the molecule is COC(=O)[C@@H]1CN(C(=O)c2ccc(C)cc2)c2ccccc2O1. The number of nitrogens with zero attached hydrogens (tertiary/aromatic N) is 1. The Hall–Kier alpha value is -2.82. The van der Waals surface area contributed by atoms with Crippen LogP contribution < -0.4 is 9.64 Å². The lowest BCUT2D eigenvalue weighted by Gasteiger charge is -2.33. The highest BCUT2D eigenvalue weighted by Gasteiger charge is 2.34. The second-order valence-electron chi connectivity index (χ2n) is 5.38. The molecule has 0 saturated carbocycles. The normalized spacial score (nSPS) is 16.3. The van der Waals surface area contributed by atoms with Crippen LogP contribution in [-0.2, 0) is 9.53 Å². The van der Waals surface area contributed by atoms with Gasteiger partial charge in [-0.1, -0.05) is 29.8 Å². The first-order valence-corrected chi connectivity index (χ1v) is 7.32. The van der Waals surface area contributed by atoms with Crippen LogP contribution in [0.2, 0.25) is 0 Å². The van der Waals surface area contributed by atoms with E-state index < -0.39 is 12.1 Å². The summed E-state index contributed by atoms with van der Waals surface area (Å²) in [6.45, 7) is 2.09. The molecule has 1 aliphatic heterocycles. The van der Waals surface area contributed by atoms with E-state index in [4.69, 9.17) is 9.47 Å². The predicted molar refractivity (Wildman–Crippen MR) is 85.7 cm³/mol. The van der Waals surface area contributed by atoms with E-state index in [1.165, 1.54) is 7.11 Å². The summed E-state index contributed by atoms with van der Waals surface area (Å²) in [5.74, 6) is -0.175. The summed E-state index contributed by atoms with van der Waals surface area (Å²) in [6, 6.07) is 14.5. The Bertz CT molecular complexity index is 739. The van der Waals surface area contributed by atoms with Crippen LogP contribution in [0, 0.1) is 6.92 Å². The molecule has 23 heavy (non-hydrogen) atoms. The Balaban J connectivity index is 1.97. The van der Waals surface area contributed by atoms with Gasteiger partial charge < -0.3 is 14.4 Å². The van der Waals surface area contributed by atoms with E-state index >= 15 is 0 Å². The Morgan fingerprint density at radius 3 is 2.52 bits per heavy atom. The van der Waals surface area contributed by atoms with Crippen LogP contribution in [-0.4, -0.2) is 31.6 Å². The molecule has 0 aliphatic carbocycles. The number of carbonyl (C=O) groups is 2. The highest BCUT2D eigenvalue weighted by atomic mass is 16.6. The standard InChI is InChI=1S/C18H17NO4/c1-12-7-9-13(10-8-12)17(20)19-11-16(18(21)22-2)23-15-6-4-3-5-14(15)19/h3-10,16H,11H2,1-2H3/t16-/m0/s1. The second-order valence-corrected chi connectivity index (χ2v) is 5.38. The van der Waals surface area contributed by atoms with Crippen molar-refractivity contribution in [2.75, 3.05) is 18.6 Å². The maximum Gasteiger partial charge on any atom is 0.348 e. The van der Waals surface area contributed by atoms with Gasteiger partial charge in [0, 0.05) is 5.56 Å². The number of ether oxygens (including phenoxy) is 2. The molecule has 0 spiro atoms. The average Bonchev–Trinajstić information content (AvgIpc) is 2.60. The van der Waals surface area contributed by atoms with Gasteiger partial charge in [0.1, 0.15) is 5.75 Å². The van der Waals surface area contributed by atoms with Crippen molar-refractivity contribution >= 4 is 17.6 Å². The third-order valence-corrected chi connectivity index (χ3v) is 3.78. The molecule has 1 atom stereocenters. The predicted octanol–water partition coefficient (Wildman–Crippen LogP) is 2.58. The number of rotatable bonds is 2. The van der Waals surface area contributed by atoms with Crippen molar-refractivity contribution in [1.29, 1.82) is 0 Å². The molecular formula is C18H17NO4. The highest BCUT2D eigenvalue weighted by molar-refractivity contribution is 6.07. The molecular weight excluding hydrogens is 294 g/mol. The lowest BCUT2D eigenvalue weighted by Crippen LogP contribution is -2.47. The Labute approximate surface area is 134 Å². The summed E-state index contributed by atoms with van der Waals surface area (Å²) < 4.78 is 10.4. The van der Waals surface area contributed by atoms with Crippen LogP contribution in [0.3, 0.4) is 0 Å². The minimum atomic E-state index is -0.829. The average molecular weight is 311 g/mol.